The van der Waals surface area contributed by atoms with Crippen molar-refractivity contribution in [2.45, 2.75) is 45.4 Å². The fourth-order valence-corrected chi connectivity index (χ4v) is 3.40. The summed E-state index contributed by atoms with van der Waals surface area (Å²) in [5.74, 6) is 1.58. The van der Waals surface area contributed by atoms with Crippen LogP contribution in [-0.2, 0) is 0 Å². The van der Waals surface area contributed by atoms with E-state index >= 15 is 0 Å². The summed E-state index contributed by atoms with van der Waals surface area (Å²) in [6, 6.07) is 7.80. The van der Waals surface area contributed by atoms with Crippen LogP contribution in [0.15, 0.2) is 24.3 Å². The lowest BCUT2D eigenvalue weighted by molar-refractivity contribution is 0.188. The number of hydrogen-bond donors (Lipinski definition) is 1. The summed E-state index contributed by atoms with van der Waals surface area (Å²) in [7, 11) is 0. The number of benzene rings is 1. The Balaban J connectivity index is 1.99. The summed E-state index contributed by atoms with van der Waals surface area (Å²) in [4.78, 5) is 2.61. The van der Waals surface area contributed by atoms with E-state index in [-0.39, 0.29) is 0 Å². The van der Waals surface area contributed by atoms with Gasteiger partial charge in [-0.2, -0.15) is 0 Å². The Labute approximate surface area is 117 Å². The second-order valence-electron chi connectivity index (χ2n) is 5.95. The van der Waals surface area contributed by atoms with Crippen LogP contribution in [0.3, 0.4) is 0 Å². The third kappa shape index (κ3) is 3.97. The number of piperidine rings is 1. The van der Waals surface area contributed by atoms with Gasteiger partial charge in [-0.1, -0.05) is 32.4 Å². The van der Waals surface area contributed by atoms with E-state index in [2.05, 4.69) is 24.8 Å². The largest absolute Gasteiger partial charge is 0.508 e. The van der Waals surface area contributed by atoms with Crippen molar-refractivity contribution < 1.29 is 5.11 Å². The van der Waals surface area contributed by atoms with Gasteiger partial charge >= 0.3 is 0 Å². The summed E-state index contributed by atoms with van der Waals surface area (Å²) in [6.07, 6.45) is 5.25. The third-order valence-corrected chi connectivity index (χ3v) is 4.42. The molecule has 1 heterocycles. The number of phenolic OH excluding ortho intramolecular Hbond substituents is 1. The number of phenols is 1. The Bertz CT molecular complexity index is 385. The van der Waals surface area contributed by atoms with Crippen molar-refractivity contribution in [3.8, 4) is 5.75 Å². The average molecular weight is 261 g/mol. The van der Waals surface area contributed by atoms with Crippen LogP contribution in [0.4, 0.5) is 0 Å². The Morgan fingerprint density at radius 2 is 1.95 bits per heavy atom. The zero-order valence-electron chi connectivity index (χ0n) is 12.3. The number of rotatable bonds is 5. The van der Waals surface area contributed by atoms with Crippen LogP contribution in [0.5, 0.6) is 5.75 Å². The first-order chi connectivity index (χ1) is 9.20. The molecule has 2 atom stereocenters. The number of aromatic hydroxyl groups is 1. The lowest BCUT2D eigenvalue weighted by Crippen LogP contribution is -2.35. The van der Waals surface area contributed by atoms with Gasteiger partial charge in [0.05, 0.1) is 0 Å². The zero-order valence-corrected chi connectivity index (χ0v) is 12.3. The standard InChI is InChI=1S/C17H27NO/c1-3-17(15-8-7-9-16(19)12-15)14(2)13-18-10-5-4-6-11-18/h7-9,12,14,17,19H,3-6,10-11,13H2,1-2H3. The molecule has 0 aliphatic carbocycles. The van der Waals surface area contributed by atoms with Crippen molar-refractivity contribution in [2.75, 3.05) is 19.6 Å². The molecule has 1 aromatic rings. The molecule has 106 valence electrons. The lowest BCUT2D eigenvalue weighted by atomic mass is 9.84. The van der Waals surface area contributed by atoms with Crippen LogP contribution in [0.1, 0.15) is 51.0 Å². The minimum absolute atomic E-state index is 0.390. The molecular formula is C17H27NO. The van der Waals surface area contributed by atoms with Gasteiger partial charge in [0.2, 0.25) is 0 Å². The third-order valence-electron chi connectivity index (χ3n) is 4.42. The second-order valence-corrected chi connectivity index (χ2v) is 5.95. The number of hydrogen-bond acceptors (Lipinski definition) is 2. The van der Waals surface area contributed by atoms with E-state index in [0.29, 0.717) is 17.6 Å². The van der Waals surface area contributed by atoms with Crippen molar-refractivity contribution in [3.05, 3.63) is 29.8 Å². The van der Waals surface area contributed by atoms with Gasteiger partial charge in [0.15, 0.2) is 0 Å². The molecule has 1 N–H and O–H groups in total. The van der Waals surface area contributed by atoms with Crippen molar-refractivity contribution >= 4 is 0 Å². The topological polar surface area (TPSA) is 23.5 Å². The van der Waals surface area contributed by atoms with E-state index in [1.807, 2.05) is 12.1 Å². The molecule has 1 saturated heterocycles. The Morgan fingerprint density at radius 3 is 2.58 bits per heavy atom. The van der Waals surface area contributed by atoms with Gasteiger partial charge in [-0.15, -0.1) is 0 Å². The molecule has 1 aliphatic rings. The maximum Gasteiger partial charge on any atom is 0.115 e. The molecule has 1 fully saturated rings. The van der Waals surface area contributed by atoms with Crippen LogP contribution in [0.2, 0.25) is 0 Å². The fraction of sp³-hybridized carbons (Fsp3) is 0.647. The monoisotopic (exact) mass is 261 g/mol. The maximum absolute atomic E-state index is 9.65. The smallest absolute Gasteiger partial charge is 0.115 e. The molecule has 1 aliphatic heterocycles. The van der Waals surface area contributed by atoms with Crippen molar-refractivity contribution in [1.29, 1.82) is 0 Å². The molecular weight excluding hydrogens is 234 g/mol. The zero-order chi connectivity index (χ0) is 13.7. The predicted molar refractivity (Wildman–Crippen MR) is 80.6 cm³/mol. The SMILES string of the molecule is CCC(c1cccc(O)c1)C(C)CN1CCCCC1. The minimum Gasteiger partial charge on any atom is -0.508 e. The van der Waals surface area contributed by atoms with E-state index < -0.39 is 0 Å². The van der Waals surface area contributed by atoms with Crippen molar-refractivity contribution in [1.82, 2.24) is 4.90 Å². The molecule has 0 radical (unpaired) electrons. The van der Waals surface area contributed by atoms with Crippen LogP contribution >= 0.6 is 0 Å². The molecule has 0 saturated carbocycles. The molecule has 0 bridgehead atoms. The Kier molecular flexibility index (Phi) is 5.26. The first kappa shape index (κ1) is 14.4. The van der Waals surface area contributed by atoms with Gasteiger partial charge in [0, 0.05) is 6.54 Å². The highest BCUT2D eigenvalue weighted by atomic mass is 16.3. The number of nitrogens with zero attached hydrogens (tertiary/aromatic N) is 1. The molecule has 2 unspecified atom stereocenters. The molecule has 2 heteroatoms. The van der Waals surface area contributed by atoms with Gasteiger partial charge in [-0.25, -0.2) is 0 Å². The van der Waals surface area contributed by atoms with Crippen LogP contribution in [0, 0.1) is 5.92 Å². The van der Waals surface area contributed by atoms with E-state index in [1.54, 1.807) is 6.07 Å². The molecule has 19 heavy (non-hydrogen) atoms. The highest BCUT2D eigenvalue weighted by molar-refractivity contribution is 5.30. The first-order valence-electron chi connectivity index (χ1n) is 7.72. The second kappa shape index (κ2) is 6.95. The molecule has 1 aromatic carbocycles. The lowest BCUT2D eigenvalue weighted by Gasteiger charge is -2.32. The molecule has 0 aromatic heterocycles. The molecule has 0 amide bonds. The fourth-order valence-electron chi connectivity index (χ4n) is 3.40. The summed E-state index contributed by atoms with van der Waals surface area (Å²) < 4.78 is 0. The van der Waals surface area contributed by atoms with E-state index in [1.165, 1.54) is 44.5 Å². The van der Waals surface area contributed by atoms with Gasteiger partial charge in [-0.05, 0) is 61.9 Å². The van der Waals surface area contributed by atoms with Crippen LogP contribution in [0.25, 0.3) is 0 Å². The summed E-state index contributed by atoms with van der Waals surface area (Å²) >= 11 is 0. The van der Waals surface area contributed by atoms with Crippen LogP contribution in [-0.4, -0.2) is 29.6 Å². The highest BCUT2D eigenvalue weighted by Crippen LogP contribution is 2.30. The van der Waals surface area contributed by atoms with Gasteiger partial charge in [0.1, 0.15) is 5.75 Å². The Morgan fingerprint density at radius 1 is 1.21 bits per heavy atom. The van der Waals surface area contributed by atoms with Gasteiger partial charge in [-0.3, -0.25) is 0 Å². The van der Waals surface area contributed by atoms with E-state index in [4.69, 9.17) is 0 Å². The van der Waals surface area contributed by atoms with E-state index in [0.717, 1.165) is 6.42 Å². The van der Waals surface area contributed by atoms with Crippen LogP contribution < -0.4 is 0 Å². The summed E-state index contributed by atoms with van der Waals surface area (Å²) in [5, 5.41) is 9.65. The summed E-state index contributed by atoms with van der Waals surface area (Å²) in [5.41, 5.74) is 1.28. The van der Waals surface area contributed by atoms with Gasteiger partial charge < -0.3 is 10.0 Å². The summed E-state index contributed by atoms with van der Waals surface area (Å²) in [6.45, 7) is 8.32. The van der Waals surface area contributed by atoms with Crippen molar-refractivity contribution in [2.24, 2.45) is 5.92 Å². The quantitative estimate of drug-likeness (QED) is 0.865. The normalized spacial score (nSPS) is 20.1. The Hall–Kier alpha value is -1.02. The van der Waals surface area contributed by atoms with Gasteiger partial charge in [0.25, 0.3) is 0 Å². The molecule has 0 spiro atoms. The predicted octanol–water partition coefficient (Wildman–Crippen LogP) is 4.01. The minimum atomic E-state index is 0.390. The number of likely N-dealkylation sites (tertiary alicyclic amines) is 1. The highest BCUT2D eigenvalue weighted by Gasteiger charge is 2.21. The molecule has 2 nitrogen and oxygen atoms in total. The average Bonchev–Trinajstić information content (AvgIpc) is 2.41. The molecule has 2 rings (SSSR count). The van der Waals surface area contributed by atoms with Crippen molar-refractivity contribution in [3.63, 3.8) is 0 Å². The maximum atomic E-state index is 9.65. The van der Waals surface area contributed by atoms with E-state index in [9.17, 15) is 5.11 Å². The first-order valence-corrected chi connectivity index (χ1v) is 7.72.